The average Bonchev–Trinajstić information content (AvgIpc) is 3.22. The molecule has 0 spiro atoms. The summed E-state index contributed by atoms with van der Waals surface area (Å²) in [7, 11) is 3.75. The number of nitrogens with zero attached hydrogens (tertiary/aromatic N) is 5. The number of rotatable bonds is 7. The van der Waals surface area contributed by atoms with Crippen molar-refractivity contribution < 1.29 is 9.18 Å². The Bertz CT molecular complexity index is 841. The number of anilines is 2. The molecular formula is C19H24ClFN6O. The van der Waals surface area contributed by atoms with Gasteiger partial charge in [0.15, 0.2) is 5.82 Å². The highest BCUT2D eigenvalue weighted by atomic mass is 35.5. The number of aryl methyl sites for hydroxylation is 1. The van der Waals surface area contributed by atoms with Gasteiger partial charge in [0, 0.05) is 33.6 Å². The van der Waals surface area contributed by atoms with Crippen molar-refractivity contribution in [3.8, 4) is 0 Å². The van der Waals surface area contributed by atoms with Crippen molar-refractivity contribution >= 4 is 29.4 Å². The van der Waals surface area contributed by atoms with Crippen LogP contribution in [0.25, 0.3) is 0 Å². The zero-order valence-electron chi connectivity index (χ0n) is 16.1. The summed E-state index contributed by atoms with van der Waals surface area (Å²) in [5.41, 5.74) is 0.813. The van der Waals surface area contributed by atoms with E-state index in [1.54, 1.807) is 12.1 Å². The molecule has 1 aromatic carbocycles. The van der Waals surface area contributed by atoms with E-state index in [0.29, 0.717) is 24.1 Å². The molecule has 2 aromatic rings. The van der Waals surface area contributed by atoms with Gasteiger partial charge >= 0.3 is 0 Å². The van der Waals surface area contributed by atoms with Gasteiger partial charge in [-0.2, -0.15) is 15.0 Å². The van der Waals surface area contributed by atoms with Gasteiger partial charge in [0.2, 0.25) is 17.8 Å². The van der Waals surface area contributed by atoms with E-state index in [4.69, 9.17) is 11.6 Å². The molecule has 1 aliphatic heterocycles. The second-order valence-electron chi connectivity index (χ2n) is 6.97. The van der Waals surface area contributed by atoms with Gasteiger partial charge in [-0.3, -0.25) is 4.79 Å². The minimum absolute atomic E-state index is 0.0637. The number of amides is 1. The zero-order chi connectivity index (χ0) is 20.1. The minimum atomic E-state index is -0.463. The van der Waals surface area contributed by atoms with Crippen molar-refractivity contribution in [3.05, 3.63) is 40.4 Å². The third-order valence-electron chi connectivity index (χ3n) is 4.52. The molecule has 150 valence electrons. The number of aromatic nitrogens is 3. The van der Waals surface area contributed by atoms with Crippen LogP contribution >= 0.6 is 11.6 Å². The largest absolute Gasteiger partial charge is 0.349 e. The second-order valence-corrected chi connectivity index (χ2v) is 7.37. The molecule has 2 heterocycles. The highest BCUT2D eigenvalue weighted by Crippen LogP contribution is 2.18. The number of carbonyl (C=O) groups excluding carboxylic acids is 1. The Morgan fingerprint density at radius 3 is 2.68 bits per heavy atom. The monoisotopic (exact) mass is 406 g/mol. The van der Waals surface area contributed by atoms with Crippen molar-refractivity contribution in [2.75, 3.05) is 37.0 Å². The predicted molar refractivity (Wildman–Crippen MR) is 107 cm³/mol. The van der Waals surface area contributed by atoms with E-state index in [1.165, 1.54) is 6.07 Å². The first-order valence-corrected chi connectivity index (χ1v) is 9.68. The number of carbonyl (C=O) groups is 1. The molecule has 0 aliphatic carbocycles. The molecule has 0 atom stereocenters. The lowest BCUT2D eigenvalue weighted by Crippen LogP contribution is -2.27. The number of halogens is 2. The molecule has 1 aromatic heterocycles. The SMILES string of the molecule is CN(C)c1nc(CNC(=O)CCc2ccc(F)c(Cl)c2)nc(N2CCCC2)n1. The van der Waals surface area contributed by atoms with Crippen molar-refractivity contribution in [1.29, 1.82) is 0 Å². The van der Waals surface area contributed by atoms with Crippen LogP contribution in [-0.2, 0) is 17.8 Å². The summed E-state index contributed by atoms with van der Waals surface area (Å²) < 4.78 is 13.2. The van der Waals surface area contributed by atoms with E-state index >= 15 is 0 Å². The van der Waals surface area contributed by atoms with Gasteiger partial charge in [-0.25, -0.2) is 4.39 Å². The summed E-state index contributed by atoms with van der Waals surface area (Å²) in [5, 5.41) is 2.91. The molecule has 0 radical (unpaired) electrons. The lowest BCUT2D eigenvalue weighted by Gasteiger charge is -2.19. The van der Waals surface area contributed by atoms with Crippen molar-refractivity contribution in [2.45, 2.75) is 32.2 Å². The second kappa shape index (κ2) is 9.14. The highest BCUT2D eigenvalue weighted by Gasteiger charge is 2.18. The first-order chi connectivity index (χ1) is 13.4. The van der Waals surface area contributed by atoms with E-state index in [2.05, 4.69) is 25.2 Å². The Labute approximate surface area is 168 Å². The molecule has 7 nitrogen and oxygen atoms in total. The van der Waals surface area contributed by atoms with Gasteiger partial charge in [0.1, 0.15) is 5.82 Å². The van der Waals surface area contributed by atoms with Gasteiger partial charge in [-0.15, -0.1) is 0 Å². The summed E-state index contributed by atoms with van der Waals surface area (Å²) in [6.07, 6.45) is 3.00. The topological polar surface area (TPSA) is 74.2 Å². The predicted octanol–water partition coefficient (Wildman–Crippen LogP) is 2.58. The van der Waals surface area contributed by atoms with E-state index in [9.17, 15) is 9.18 Å². The maximum absolute atomic E-state index is 13.2. The number of nitrogens with one attached hydrogen (secondary N) is 1. The fraction of sp³-hybridized carbons (Fsp3) is 0.474. The number of benzene rings is 1. The number of hydrogen-bond acceptors (Lipinski definition) is 6. The minimum Gasteiger partial charge on any atom is -0.349 e. The van der Waals surface area contributed by atoms with Crippen LogP contribution in [0.2, 0.25) is 5.02 Å². The third-order valence-corrected chi connectivity index (χ3v) is 4.81. The summed E-state index contributed by atoms with van der Waals surface area (Å²) in [6.45, 7) is 2.10. The smallest absolute Gasteiger partial charge is 0.230 e. The average molecular weight is 407 g/mol. The van der Waals surface area contributed by atoms with E-state index in [0.717, 1.165) is 31.5 Å². The summed E-state index contributed by atoms with van der Waals surface area (Å²) in [6, 6.07) is 4.48. The van der Waals surface area contributed by atoms with Crippen LogP contribution in [0.5, 0.6) is 0 Å². The Morgan fingerprint density at radius 1 is 1.25 bits per heavy atom. The molecule has 0 bridgehead atoms. The maximum atomic E-state index is 13.2. The molecule has 9 heteroatoms. The molecule has 1 amide bonds. The molecule has 0 unspecified atom stereocenters. The lowest BCUT2D eigenvalue weighted by atomic mass is 10.1. The number of hydrogen-bond donors (Lipinski definition) is 1. The van der Waals surface area contributed by atoms with Crippen LogP contribution in [0.15, 0.2) is 18.2 Å². The van der Waals surface area contributed by atoms with Crippen molar-refractivity contribution in [3.63, 3.8) is 0 Å². The fourth-order valence-corrected chi connectivity index (χ4v) is 3.16. The maximum Gasteiger partial charge on any atom is 0.230 e. The van der Waals surface area contributed by atoms with Crippen molar-refractivity contribution in [1.82, 2.24) is 20.3 Å². The Kier molecular flexibility index (Phi) is 6.61. The fourth-order valence-electron chi connectivity index (χ4n) is 2.95. The van der Waals surface area contributed by atoms with Gasteiger partial charge in [0.05, 0.1) is 11.6 Å². The Hall–Kier alpha value is -2.48. The Balaban J connectivity index is 1.59. The lowest BCUT2D eigenvalue weighted by molar-refractivity contribution is -0.121. The van der Waals surface area contributed by atoms with E-state index < -0.39 is 5.82 Å². The molecular weight excluding hydrogens is 383 g/mol. The quantitative estimate of drug-likeness (QED) is 0.761. The van der Waals surface area contributed by atoms with E-state index in [-0.39, 0.29) is 23.9 Å². The first-order valence-electron chi connectivity index (χ1n) is 9.30. The molecule has 28 heavy (non-hydrogen) atoms. The summed E-state index contributed by atoms with van der Waals surface area (Å²) in [5.74, 6) is 1.16. The normalized spacial score (nSPS) is 13.6. The first kappa shape index (κ1) is 20.3. The standard InChI is InChI=1S/C19H24ClFN6O/c1-26(2)18-23-16(24-19(25-18)27-9-3-4-10-27)12-22-17(28)8-6-13-5-7-15(21)14(20)11-13/h5,7,11H,3-4,6,8-10,12H2,1-2H3,(H,22,28). The molecule has 1 fully saturated rings. The molecule has 1 N–H and O–H groups in total. The summed E-state index contributed by atoms with van der Waals surface area (Å²) in [4.78, 5) is 29.6. The van der Waals surface area contributed by atoms with Gasteiger partial charge in [0.25, 0.3) is 0 Å². The van der Waals surface area contributed by atoms with E-state index in [1.807, 2.05) is 19.0 Å². The van der Waals surface area contributed by atoms with Gasteiger partial charge in [-0.05, 0) is 37.0 Å². The third kappa shape index (κ3) is 5.28. The van der Waals surface area contributed by atoms with Crippen LogP contribution in [0, 0.1) is 5.82 Å². The van der Waals surface area contributed by atoms with Crippen LogP contribution in [0.3, 0.4) is 0 Å². The summed E-state index contributed by atoms with van der Waals surface area (Å²) >= 11 is 5.77. The molecule has 3 rings (SSSR count). The molecule has 1 aliphatic rings. The highest BCUT2D eigenvalue weighted by molar-refractivity contribution is 6.30. The Morgan fingerprint density at radius 2 is 2.00 bits per heavy atom. The van der Waals surface area contributed by atoms with Crippen LogP contribution < -0.4 is 15.1 Å². The van der Waals surface area contributed by atoms with Crippen LogP contribution in [0.4, 0.5) is 16.3 Å². The van der Waals surface area contributed by atoms with Crippen molar-refractivity contribution in [2.24, 2.45) is 0 Å². The zero-order valence-corrected chi connectivity index (χ0v) is 16.8. The van der Waals surface area contributed by atoms with Gasteiger partial charge in [-0.1, -0.05) is 17.7 Å². The van der Waals surface area contributed by atoms with Crippen LogP contribution in [-0.4, -0.2) is 48.0 Å². The van der Waals surface area contributed by atoms with Crippen LogP contribution in [0.1, 0.15) is 30.7 Å². The molecule has 1 saturated heterocycles. The molecule has 0 saturated carbocycles. The van der Waals surface area contributed by atoms with Gasteiger partial charge < -0.3 is 15.1 Å².